The van der Waals surface area contributed by atoms with Gasteiger partial charge in [0.1, 0.15) is 19.2 Å². The highest BCUT2D eigenvalue weighted by atomic mass is 16.5. The summed E-state index contributed by atoms with van der Waals surface area (Å²) in [7, 11) is 0. The van der Waals surface area contributed by atoms with Crippen LogP contribution in [0.15, 0.2) is 29.8 Å². The number of Topliss-reactive ketones (excluding diaryl/α,β-unsaturated/α-hetero) is 1. The van der Waals surface area contributed by atoms with Crippen molar-refractivity contribution in [2.75, 3.05) is 6.61 Å². The van der Waals surface area contributed by atoms with E-state index in [1.165, 1.54) is 12.1 Å². The van der Waals surface area contributed by atoms with Crippen molar-refractivity contribution in [3.05, 3.63) is 35.4 Å². The number of ketones is 1. The molecule has 0 aliphatic rings. The van der Waals surface area contributed by atoms with Crippen molar-refractivity contribution in [2.24, 2.45) is 5.92 Å². The second-order valence-electron chi connectivity index (χ2n) is 5.06. The molecule has 2 N–H and O–H groups in total. The zero-order chi connectivity index (χ0) is 17.2. The molecule has 124 valence electrons. The summed E-state index contributed by atoms with van der Waals surface area (Å²) < 4.78 is 5.26. The Morgan fingerprint density at radius 1 is 1.26 bits per heavy atom. The Hall–Kier alpha value is -2.47. The largest absolute Gasteiger partial charge is 0.504 e. The van der Waals surface area contributed by atoms with Crippen molar-refractivity contribution in [1.29, 1.82) is 0 Å². The van der Waals surface area contributed by atoms with Gasteiger partial charge in [-0.1, -0.05) is 12.1 Å². The fourth-order valence-electron chi connectivity index (χ4n) is 2.13. The van der Waals surface area contributed by atoms with Crippen molar-refractivity contribution in [2.45, 2.75) is 26.4 Å². The van der Waals surface area contributed by atoms with Gasteiger partial charge in [-0.05, 0) is 30.2 Å². The zero-order valence-electron chi connectivity index (χ0n) is 12.9. The van der Waals surface area contributed by atoms with Gasteiger partial charge in [-0.3, -0.25) is 9.59 Å². The SMILES string of the molecule is C/C=C(/C=O)[C@@H](CC=O)CC(=O)COCc1ccc(O)c(O)c1. The Morgan fingerprint density at radius 3 is 2.57 bits per heavy atom. The van der Waals surface area contributed by atoms with Crippen LogP contribution in [0.5, 0.6) is 11.5 Å². The molecule has 0 aliphatic carbocycles. The van der Waals surface area contributed by atoms with E-state index in [1.807, 2.05) is 0 Å². The van der Waals surface area contributed by atoms with Crippen LogP contribution < -0.4 is 0 Å². The van der Waals surface area contributed by atoms with Gasteiger partial charge in [0.05, 0.1) is 6.61 Å². The lowest BCUT2D eigenvalue weighted by Crippen LogP contribution is -2.16. The summed E-state index contributed by atoms with van der Waals surface area (Å²) >= 11 is 0. The van der Waals surface area contributed by atoms with Gasteiger partial charge in [0, 0.05) is 18.8 Å². The van der Waals surface area contributed by atoms with Crippen LogP contribution in [-0.2, 0) is 25.7 Å². The molecule has 0 heterocycles. The highest BCUT2D eigenvalue weighted by molar-refractivity contribution is 5.83. The van der Waals surface area contributed by atoms with Crippen LogP contribution in [0, 0.1) is 5.92 Å². The number of aromatic hydroxyl groups is 2. The number of aldehydes is 2. The number of phenols is 2. The van der Waals surface area contributed by atoms with Gasteiger partial charge < -0.3 is 19.7 Å². The number of hydrogen-bond donors (Lipinski definition) is 2. The van der Waals surface area contributed by atoms with Crippen molar-refractivity contribution in [3.63, 3.8) is 0 Å². The van der Waals surface area contributed by atoms with E-state index in [1.54, 1.807) is 19.1 Å². The number of rotatable bonds is 10. The van der Waals surface area contributed by atoms with E-state index in [4.69, 9.17) is 4.74 Å². The minimum Gasteiger partial charge on any atom is -0.504 e. The Morgan fingerprint density at radius 2 is 2.00 bits per heavy atom. The van der Waals surface area contributed by atoms with Crippen LogP contribution in [-0.4, -0.2) is 35.2 Å². The predicted molar refractivity (Wildman–Crippen MR) is 83.0 cm³/mol. The van der Waals surface area contributed by atoms with Crippen molar-refractivity contribution in [1.82, 2.24) is 0 Å². The first-order valence-electron chi connectivity index (χ1n) is 7.17. The Bertz CT molecular complexity index is 591. The van der Waals surface area contributed by atoms with Gasteiger partial charge in [0.15, 0.2) is 17.3 Å². The third kappa shape index (κ3) is 6.04. The summed E-state index contributed by atoms with van der Waals surface area (Å²) in [5, 5.41) is 18.6. The van der Waals surface area contributed by atoms with Crippen molar-refractivity contribution >= 4 is 18.4 Å². The van der Waals surface area contributed by atoms with Crippen LogP contribution in [0.3, 0.4) is 0 Å². The molecular formula is C17H20O6. The molecule has 0 spiro atoms. The molecule has 6 heteroatoms. The normalized spacial score (nSPS) is 12.7. The number of phenolic OH excluding ortho intramolecular Hbond substituents is 2. The molecule has 0 bridgehead atoms. The van der Waals surface area contributed by atoms with E-state index in [-0.39, 0.29) is 43.3 Å². The molecule has 0 fully saturated rings. The highest BCUT2D eigenvalue weighted by Gasteiger charge is 2.17. The number of carbonyl (C=O) groups is 3. The third-order valence-corrected chi connectivity index (χ3v) is 3.37. The number of carbonyl (C=O) groups excluding carboxylic acids is 3. The van der Waals surface area contributed by atoms with Crippen LogP contribution in [0.4, 0.5) is 0 Å². The maximum atomic E-state index is 11.9. The van der Waals surface area contributed by atoms with Gasteiger partial charge in [-0.15, -0.1) is 0 Å². The molecule has 0 radical (unpaired) electrons. The molecule has 0 saturated carbocycles. The van der Waals surface area contributed by atoms with Gasteiger partial charge >= 0.3 is 0 Å². The molecular weight excluding hydrogens is 300 g/mol. The molecule has 0 aliphatic heterocycles. The summed E-state index contributed by atoms with van der Waals surface area (Å²) in [5.74, 6) is -1.13. The van der Waals surface area contributed by atoms with E-state index in [0.717, 1.165) is 0 Å². The van der Waals surface area contributed by atoms with Crippen LogP contribution in [0.25, 0.3) is 0 Å². The van der Waals surface area contributed by atoms with Gasteiger partial charge in [0.2, 0.25) is 0 Å². The summed E-state index contributed by atoms with van der Waals surface area (Å²) in [6, 6.07) is 4.25. The minimum absolute atomic E-state index is 0.0536. The molecule has 0 amide bonds. The predicted octanol–water partition coefficient (Wildman–Crippen LogP) is 1.92. The molecule has 6 nitrogen and oxygen atoms in total. The summed E-state index contributed by atoms with van der Waals surface area (Å²) in [5.41, 5.74) is 1.04. The van der Waals surface area contributed by atoms with Crippen molar-refractivity contribution in [3.8, 4) is 11.5 Å². The summed E-state index contributed by atoms with van der Waals surface area (Å²) in [4.78, 5) is 33.5. The average Bonchev–Trinajstić information content (AvgIpc) is 2.52. The molecule has 1 aromatic carbocycles. The molecule has 0 unspecified atom stereocenters. The Balaban J connectivity index is 2.50. The molecule has 1 rings (SSSR count). The van der Waals surface area contributed by atoms with E-state index in [9.17, 15) is 24.6 Å². The molecule has 23 heavy (non-hydrogen) atoms. The van der Waals surface area contributed by atoms with E-state index in [2.05, 4.69) is 0 Å². The molecule has 0 saturated heterocycles. The first-order chi connectivity index (χ1) is 11.0. The first-order valence-corrected chi connectivity index (χ1v) is 7.17. The lowest BCUT2D eigenvalue weighted by Gasteiger charge is -2.13. The molecule has 1 aromatic rings. The fraction of sp³-hybridized carbons (Fsp3) is 0.353. The third-order valence-electron chi connectivity index (χ3n) is 3.37. The van der Waals surface area contributed by atoms with Crippen LogP contribution in [0.1, 0.15) is 25.3 Å². The number of hydrogen-bond acceptors (Lipinski definition) is 6. The second-order valence-corrected chi connectivity index (χ2v) is 5.06. The van der Waals surface area contributed by atoms with Crippen LogP contribution in [0.2, 0.25) is 0 Å². The average molecular weight is 320 g/mol. The van der Waals surface area contributed by atoms with Crippen molar-refractivity contribution < 1.29 is 29.3 Å². The topological polar surface area (TPSA) is 101 Å². The summed E-state index contributed by atoms with van der Waals surface area (Å²) in [6.45, 7) is 1.62. The second kappa shape index (κ2) is 9.53. The lowest BCUT2D eigenvalue weighted by atomic mass is 9.91. The highest BCUT2D eigenvalue weighted by Crippen LogP contribution is 2.25. The first kappa shape index (κ1) is 18.6. The van der Waals surface area contributed by atoms with E-state index >= 15 is 0 Å². The molecule has 0 aromatic heterocycles. The monoisotopic (exact) mass is 320 g/mol. The van der Waals surface area contributed by atoms with Gasteiger partial charge in [-0.2, -0.15) is 0 Å². The fourth-order valence-corrected chi connectivity index (χ4v) is 2.13. The van der Waals surface area contributed by atoms with E-state index < -0.39 is 5.92 Å². The van der Waals surface area contributed by atoms with Gasteiger partial charge in [-0.25, -0.2) is 0 Å². The standard InChI is InChI=1S/C17H20O6/c1-2-13(9-19)14(5-6-18)8-15(20)11-23-10-12-3-4-16(21)17(22)7-12/h2-4,6-7,9,14,21-22H,5,8,10-11H2,1H3/b13-2-/t14-/m0/s1. The van der Waals surface area contributed by atoms with Gasteiger partial charge in [0.25, 0.3) is 0 Å². The molecule has 1 atom stereocenters. The minimum atomic E-state index is -0.427. The maximum Gasteiger partial charge on any atom is 0.159 e. The van der Waals surface area contributed by atoms with Crippen LogP contribution >= 0.6 is 0 Å². The number of allylic oxidation sites excluding steroid dienone is 2. The summed E-state index contributed by atoms with van der Waals surface area (Å²) in [6.07, 6.45) is 3.09. The zero-order valence-corrected chi connectivity index (χ0v) is 12.9. The number of benzene rings is 1. The maximum absolute atomic E-state index is 11.9. The van der Waals surface area contributed by atoms with E-state index in [0.29, 0.717) is 23.7 Å². The Labute approximate surface area is 134 Å². The lowest BCUT2D eigenvalue weighted by molar-refractivity contribution is -0.124. The quantitative estimate of drug-likeness (QED) is 0.388. The Kier molecular flexibility index (Phi) is 7.70. The number of ether oxygens (including phenoxy) is 1. The smallest absolute Gasteiger partial charge is 0.159 e.